The molecule has 6 nitrogen and oxygen atoms in total. The molecule has 0 unspecified atom stereocenters. The number of nitrogens with zero attached hydrogens (tertiary/aromatic N) is 4. The SMILES string of the molecule is Cc1cc(N(C)CC(=O)NC(C)(C)C)nc(-c2ccncc2)n1. The molecule has 0 spiro atoms. The summed E-state index contributed by atoms with van der Waals surface area (Å²) in [7, 11) is 1.85. The van der Waals surface area contributed by atoms with Crippen LogP contribution >= 0.6 is 0 Å². The molecule has 2 rings (SSSR count). The maximum absolute atomic E-state index is 12.1. The van der Waals surface area contributed by atoms with E-state index in [0.717, 1.165) is 11.3 Å². The number of hydrogen-bond donors (Lipinski definition) is 1. The zero-order valence-electron chi connectivity index (χ0n) is 14.3. The lowest BCUT2D eigenvalue weighted by atomic mass is 10.1. The number of likely N-dealkylation sites (N-methyl/N-ethyl adjacent to an activating group) is 1. The lowest BCUT2D eigenvalue weighted by Crippen LogP contribution is -2.45. The Labute approximate surface area is 137 Å². The third-order valence-electron chi connectivity index (χ3n) is 3.07. The Morgan fingerprint density at radius 3 is 2.48 bits per heavy atom. The van der Waals surface area contributed by atoms with Gasteiger partial charge in [0.25, 0.3) is 0 Å². The second kappa shape index (κ2) is 6.73. The van der Waals surface area contributed by atoms with Crippen LogP contribution in [0.1, 0.15) is 26.5 Å². The molecule has 2 heterocycles. The number of pyridine rings is 1. The fourth-order valence-electron chi connectivity index (χ4n) is 2.13. The van der Waals surface area contributed by atoms with Gasteiger partial charge in [0.2, 0.25) is 5.91 Å². The van der Waals surface area contributed by atoms with E-state index in [1.54, 1.807) is 12.4 Å². The van der Waals surface area contributed by atoms with E-state index in [9.17, 15) is 4.79 Å². The Morgan fingerprint density at radius 2 is 1.87 bits per heavy atom. The van der Waals surface area contributed by atoms with E-state index >= 15 is 0 Å². The minimum absolute atomic E-state index is 0.0401. The van der Waals surface area contributed by atoms with Crippen LogP contribution in [0.3, 0.4) is 0 Å². The maximum atomic E-state index is 12.1. The molecular formula is C17H23N5O. The Hall–Kier alpha value is -2.50. The largest absolute Gasteiger partial charge is 0.350 e. The van der Waals surface area contributed by atoms with E-state index in [1.807, 2.05) is 57.8 Å². The fraction of sp³-hybridized carbons (Fsp3) is 0.412. The Balaban J connectivity index is 2.19. The predicted molar refractivity (Wildman–Crippen MR) is 91.2 cm³/mol. The minimum Gasteiger partial charge on any atom is -0.350 e. The van der Waals surface area contributed by atoms with Crippen molar-refractivity contribution in [2.24, 2.45) is 0 Å². The summed E-state index contributed by atoms with van der Waals surface area (Å²) in [6.07, 6.45) is 3.42. The highest BCUT2D eigenvalue weighted by Crippen LogP contribution is 2.18. The molecule has 1 amide bonds. The molecule has 23 heavy (non-hydrogen) atoms. The van der Waals surface area contributed by atoms with Gasteiger partial charge in [0, 0.05) is 42.3 Å². The highest BCUT2D eigenvalue weighted by atomic mass is 16.2. The summed E-state index contributed by atoms with van der Waals surface area (Å²) in [5, 5.41) is 2.95. The fourth-order valence-corrected chi connectivity index (χ4v) is 2.13. The smallest absolute Gasteiger partial charge is 0.239 e. The molecule has 6 heteroatoms. The van der Waals surface area contributed by atoms with E-state index in [4.69, 9.17) is 0 Å². The van der Waals surface area contributed by atoms with E-state index < -0.39 is 0 Å². The van der Waals surface area contributed by atoms with Crippen molar-refractivity contribution in [1.29, 1.82) is 0 Å². The second-order valence-electron chi connectivity index (χ2n) is 6.58. The number of hydrogen-bond acceptors (Lipinski definition) is 5. The summed E-state index contributed by atoms with van der Waals surface area (Å²) >= 11 is 0. The third-order valence-corrected chi connectivity index (χ3v) is 3.07. The third kappa shape index (κ3) is 5.02. The molecule has 0 aliphatic heterocycles. The van der Waals surface area contributed by atoms with Crippen molar-refractivity contribution in [2.75, 3.05) is 18.5 Å². The monoisotopic (exact) mass is 313 g/mol. The summed E-state index contributed by atoms with van der Waals surface area (Å²) in [4.78, 5) is 26.9. The summed E-state index contributed by atoms with van der Waals surface area (Å²) in [6.45, 7) is 8.03. The van der Waals surface area contributed by atoms with Gasteiger partial charge >= 0.3 is 0 Å². The Kier molecular flexibility index (Phi) is 4.93. The first kappa shape index (κ1) is 16.9. The molecule has 0 saturated heterocycles. The molecule has 122 valence electrons. The summed E-state index contributed by atoms with van der Waals surface area (Å²) in [5.74, 6) is 1.31. The van der Waals surface area contributed by atoms with Gasteiger partial charge in [-0.15, -0.1) is 0 Å². The number of rotatable bonds is 4. The van der Waals surface area contributed by atoms with Crippen LogP contribution in [-0.2, 0) is 4.79 Å². The van der Waals surface area contributed by atoms with Crippen molar-refractivity contribution < 1.29 is 4.79 Å². The minimum atomic E-state index is -0.248. The highest BCUT2D eigenvalue weighted by molar-refractivity contribution is 5.81. The average Bonchev–Trinajstić information content (AvgIpc) is 2.45. The number of amides is 1. The Bertz CT molecular complexity index is 679. The molecule has 0 aliphatic rings. The molecule has 2 aromatic heterocycles. The van der Waals surface area contributed by atoms with E-state index in [-0.39, 0.29) is 18.0 Å². The van der Waals surface area contributed by atoms with Crippen LogP contribution in [0.25, 0.3) is 11.4 Å². The molecule has 0 radical (unpaired) electrons. The second-order valence-corrected chi connectivity index (χ2v) is 6.58. The van der Waals surface area contributed by atoms with Gasteiger partial charge in [0.05, 0.1) is 6.54 Å². The number of carbonyl (C=O) groups is 1. The number of aromatic nitrogens is 3. The predicted octanol–water partition coefficient (Wildman–Crippen LogP) is 2.20. The maximum Gasteiger partial charge on any atom is 0.239 e. The zero-order chi connectivity index (χ0) is 17.0. The summed E-state index contributed by atoms with van der Waals surface area (Å²) in [6, 6.07) is 5.60. The molecule has 1 N–H and O–H groups in total. The first-order valence-corrected chi connectivity index (χ1v) is 7.53. The van der Waals surface area contributed by atoms with Crippen molar-refractivity contribution >= 4 is 11.7 Å². The van der Waals surface area contributed by atoms with Crippen LogP contribution in [0, 0.1) is 6.92 Å². The molecule has 0 bridgehead atoms. The van der Waals surface area contributed by atoms with E-state index in [1.165, 1.54) is 0 Å². The van der Waals surface area contributed by atoms with Crippen molar-refractivity contribution in [3.8, 4) is 11.4 Å². The number of aryl methyl sites for hydroxylation is 1. The molecule has 2 aromatic rings. The standard InChI is InChI=1S/C17H23N5O/c1-12-10-14(22(5)11-15(23)21-17(2,3)4)20-16(19-12)13-6-8-18-9-7-13/h6-10H,11H2,1-5H3,(H,21,23). The molecular weight excluding hydrogens is 290 g/mol. The topological polar surface area (TPSA) is 71.0 Å². The van der Waals surface area contributed by atoms with Crippen LogP contribution in [0.2, 0.25) is 0 Å². The van der Waals surface area contributed by atoms with Gasteiger partial charge in [-0.05, 0) is 39.8 Å². The molecule has 0 fully saturated rings. The number of nitrogens with one attached hydrogen (secondary N) is 1. The van der Waals surface area contributed by atoms with Gasteiger partial charge in [0.1, 0.15) is 5.82 Å². The zero-order valence-corrected chi connectivity index (χ0v) is 14.3. The van der Waals surface area contributed by atoms with Gasteiger partial charge in [0.15, 0.2) is 5.82 Å². The first-order chi connectivity index (χ1) is 10.7. The lowest BCUT2D eigenvalue weighted by Gasteiger charge is -2.24. The van der Waals surface area contributed by atoms with Gasteiger partial charge < -0.3 is 10.2 Å². The number of anilines is 1. The van der Waals surface area contributed by atoms with Crippen molar-refractivity contribution in [1.82, 2.24) is 20.3 Å². The summed E-state index contributed by atoms with van der Waals surface area (Å²) in [5.41, 5.74) is 1.50. The highest BCUT2D eigenvalue weighted by Gasteiger charge is 2.16. The first-order valence-electron chi connectivity index (χ1n) is 7.53. The quantitative estimate of drug-likeness (QED) is 0.937. The molecule has 0 atom stereocenters. The van der Waals surface area contributed by atoms with Crippen molar-refractivity contribution in [3.05, 3.63) is 36.3 Å². The van der Waals surface area contributed by atoms with E-state index in [0.29, 0.717) is 11.6 Å². The van der Waals surface area contributed by atoms with Crippen LogP contribution < -0.4 is 10.2 Å². The van der Waals surface area contributed by atoms with Crippen LogP contribution in [-0.4, -0.2) is 40.0 Å². The summed E-state index contributed by atoms with van der Waals surface area (Å²) < 4.78 is 0. The lowest BCUT2D eigenvalue weighted by molar-refractivity contribution is -0.121. The van der Waals surface area contributed by atoms with Crippen LogP contribution in [0.4, 0.5) is 5.82 Å². The van der Waals surface area contributed by atoms with Crippen LogP contribution in [0.15, 0.2) is 30.6 Å². The van der Waals surface area contributed by atoms with Crippen LogP contribution in [0.5, 0.6) is 0 Å². The van der Waals surface area contributed by atoms with Gasteiger partial charge in [-0.1, -0.05) is 0 Å². The normalized spacial score (nSPS) is 11.2. The van der Waals surface area contributed by atoms with Gasteiger partial charge in [-0.3, -0.25) is 9.78 Å². The van der Waals surface area contributed by atoms with E-state index in [2.05, 4.69) is 20.3 Å². The van der Waals surface area contributed by atoms with Gasteiger partial charge in [-0.25, -0.2) is 9.97 Å². The number of carbonyl (C=O) groups excluding carboxylic acids is 1. The molecule has 0 aromatic carbocycles. The molecule has 0 aliphatic carbocycles. The molecule has 0 saturated carbocycles. The van der Waals surface area contributed by atoms with Crippen molar-refractivity contribution in [3.63, 3.8) is 0 Å². The van der Waals surface area contributed by atoms with Crippen molar-refractivity contribution in [2.45, 2.75) is 33.2 Å². The Morgan fingerprint density at radius 1 is 1.22 bits per heavy atom. The average molecular weight is 313 g/mol. The van der Waals surface area contributed by atoms with Gasteiger partial charge in [-0.2, -0.15) is 0 Å².